The molecular weight excluding hydrogens is 512 g/mol. The molecular formula is C30H34N4O6. The third kappa shape index (κ3) is 6.71. The number of nitrogens with zero attached hydrogens (tertiary/aromatic N) is 4. The summed E-state index contributed by atoms with van der Waals surface area (Å²) in [5.41, 5.74) is 4.53. The number of oxime groups is 1. The molecule has 3 aromatic carbocycles. The molecule has 0 bridgehead atoms. The average molecular weight is 547 g/mol. The number of rotatable bonds is 5. The largest absolute Gasteiger partial charge is 0.497 e. The normalized spacial score (nSPS) is 12.8. The van der Waals surface area contributed by atoms with Gasteiger partial charge in [-0.25, -0.2) is 0 Å². The molecule has 4 aromatic rings. The SMILES string of the molecule is C=O.COC.COc1cc(/C=N/O)cc(-c2nn(-c3cc(N4CCOCC4)ccc3C)c(=O)c3ccccc23)c1. The van der Waals surface area contributed by atoms with Crippen LogP contribution in [-0.4, -0.2) is 75.6 Å². The highest BCUT2D eigenvalue weighted by atomic mass is 16.5. The minimum absolute atomic E-state index is 0.188. The molecule has 1 aromatic heterocycles. The molecule has 1 N–H and O–H groups in total. The molecule has 5 rings (SSSR count). The Labute approximate surface area is 233 Å². The van der Waals surface area contributed by atoms with E-state index in [9.17, 15) is 4.79 Å². The Hall–Kier alpha value is -4.54. The van der Waals surface area contributed by atoms with Gasteiger partial charge in [0.25, 0.3) is 5.56 Å². The number of carbonyl (C=O) groups is 1. The first-order valence-corrected chi connectivity index (χ1v) is 12.5. The molecule has 2 heterocycles. The Balaban J connectivity index is 0.000000827. The highest BCUT2D eigenvalue weighted by Crippen LogP contribution is 2.30. The number of morpholine rings is 1. The van der Waals surface area contributed by atoms with Crippen LogP contribution in [0, 0.1) is 6.92 Å². The average Bonchev–Trinajstić information content (AvgIpc) is 3.00. The number of methoxy groups -OCH3 is 2. The van der Waals surface area contributed by atoms with Crippen molar-refractivity contribution in [2.45, 2.75) is 6.92 Å². The Bertz CT molecular complexity index is 1510. The van der Waals surface area contributed by atoms with E-state index in [4.69, 9.17) is 24.6 Å². The molecule has 0 saturated carbocycles. The quantitative estimate of drug-likeness (QED) is 0.226. The number of aryl methyl sites for hydroxylation is 1. The summed E-state index contributed by atoms with van der Waals surface area (Å²) in [6.07, 6.45) is 1.33. The van der Waals surface area contributed by atoms with E-state index in [1.54, 1.807) is 27.4 Å². The van der Waals surface area contributed by atoms with Crippen LogP contribution in [0.1, 0.15) is 11.1 Å². The standard InChI is InChI=1S/C27H26N4O4.C2H6O.CH2O/c1-18-7-8-21(30-9-11-35-12-10-30)16-25(18)31-27(32)24-6-4-3-5-23(24)26(29-31)20-13-19(17-28-33)14-22(15-20)34-2;1-3-2;1-2/h3-8,13-17,33H,9-12H2,1-2H3;1-2H3;1H2/b28-17+;;. The van der Waals surface area contributed by atoms with Gasteiger partial charge in [0.05, 0.1) is 43.3 Å². The second-order valence-electron chi connectivity index (χ2n) is 8.83. The summed E-state index contributed by atoms with van der Waals surface area (Å²) in [7, 11) is 4.83. The first-order chi connectivity index (χ1) is 19.5. The van der Waals surface area contributed by atoms with Gasteiger partial charge in [-0.3, -0.25) is 4.79 Å². The van der Waals surface area contributed by atoms with Crippen LogP contribution in [0.15, 0.2) is 70.6 Å². The lowest BCUT2D eigenvalue weighted by molar-refractivity contribution is -0.0980. The van der Waals surface area contributed by atoms with Crippen molar-refractivity contribution < 1.29 is 24.2 Å². The fourth-order valence-electron chi connectivity index (χ4n) is 4.43. The van der Waals surface area contributed by atoms with Gasteiger partial charge in [-0.15, -0.1) is 0 Å². The van der Waals surface area contributed by atoms with Crippen LogP contribution < -0.4 is 15.2 Å². The van der Waals surface area contributed by atoms with Gasteiger partial charge in [0.15, 0.2) is 0 Å². The van der Waals surface area contributed by atoms with Gasteiger partial charge in [0, 0.05) is 49.5 Å². The molecule has 210 valence electrons. The number of hydrogen-bond donors (Lipinski definition) is 1. The first kappa shape index (κ1) is 30.0. The molecule has 0 amide bonds. The highest BCUT2D eigenvalue weighted by molar-refractivity contribution is 5.95. The number of hydrogen-bond acceptors (Lipinski definition) is 9. The number of anilines is 1. The Morgan fingerprint density at radius 2 is 1.68 bits per heavy atom. The second-order valence-corrected chi connectivity index (χ2v) is 8.83. The van der Waals surface area contributed by atoms with E-state index in [0.717, 1.165) is 41.0 Å². The van der Waals surface area contributed by atoms with Crippen molar-refractivity contribution in [2.75, 3.05) is 52.5 Å². The number of aromatic nitrogens is 2. The third-order valence-corrected chi connectivity index (χ3v) is 6.25. The van der Waals surface area contributed by atoms with E-state index < -0.39 is 0 Å². The van der Waals surface area contributed by atoms with Gasteiger partial charge in [0.1, 0.15) is 12.5 Å². The van der Waals surface area contributed by atoms with Gasteiger partial charge < -0.3 is 29.1 Å². The molecule has 0 unspecified atom stereocenters. The molecule has 10 nitrogen and oxygen atoms in total. The summed E-state index contributed by atoms with van der Waals surface area (Å²) < 4.78 is 16.7. The Morgan fingerprint density at radius 1 is 1.00 bits per heavy atom. The maximum atomic E-state index is 13.6. The lowest BCUT2D eigenvalue weighted by Crippen LogP contribution is -2.36. The van der Waals surface area contributed by atoms with Crippen LogP contribution in [0.5, 0.6) is 5.75 Å². The summed E-state index contributed by atoms with van der Waals surface area (Å²) >= 11 is 0. The summed E-state index contributed by atoms with van der Waals surface area (Å²) in [5.74, 6) is 0.589. The molecule has 1 fully saturated rings. The van der Waals surface area contributed by atoms with Crippen molar-refractivity contribution in [3.05, 3.63) is 82.1 Å². The van der Waals surface area contributed by atoms with Gasteiger partial charge in [-0.2, -0.15) is 9.78 Å². The lowest BCUT2D eigenvalue weighted by Gasteiger charge is -2.29. The van der Waals surface area contributed by atoms with E-state index in [0.29, 0.717) is 35.6 Å². The van der Waals surface area contributed by atoms with E-state index in [-0.39, 0.29) is 5.56 Å². The summed E-state index contributed by atoms with van der Waals surface area (Å²) in [6, 6.07) is 19.0. The number of fused-ring (bicyclic) bond motifs is 1. The zero-order chi connectivity index (χ0) is 29.1. The summed E-state index contributed by atoms with van der Waals surface area (Å²) in [5, 5.41) is 18.4. The van der Waals surface area contributed by atoms with Crippen molar-refractivity contribution in [1.29, 1.82) is 0 Å². The molecule has 10 heteroatoms. The molecule has 1 aliphatic rings. The smallest absolute Gasteiger partial charge is 0.279 e. The van der Waals surface area contributed by atoms with Crippen molar-refractivity contribution in [2.24, 2.45) is 5.16 Å². The minimum Gasteiger partial charge on any atom is -0.497 e. The minimum atomic E-state index is -0.188. The van der Waals surface area contributed by atoms with E-state index >= 15 is 0 Å². The topological polar surface area (TPSA) is 115 Å². The highest BCUT2D eigenvalue weighted by Gasteiger charge is 2.18. The van der Waals surface area contributed by atoms with E-state index in [1.165, 1.54) is 10.9 Å². The van der Waals surface area contributed by atoms with Crippen LogP contribution in [0.4, 0.5) is 5.69 Å². The second kappa shape index (κ2) is 14.6. The van der Waals surface area contributed by atoms with Crippen LogP contribution >= 0.6 is 0 Å². The molecule has 0 aliphatic carbocycles. The van der Waals surface area contributed by atoms with Crippen LogP contribution in [0.25, 0.3) is 27.7 Å². The zero-order valence-corrected chi connectivity index (χ0v) is 23.2. The molecule has 0 spiro atoms. The predicted octanol–water partition coefficient (Wildman–Crippen LogP) is 4.09. The monoisotopic (exact) mass is 546 g/mol. The predicted molar refractivity (Wildman–Crippen MR) is 157 cm³/mol. The van der Waals surface area contributed by atoms with Crippen molar-refractivity contribution in [3.8, 4) is 22.7 Å². The molecule has 40 heavy (non-hydrogen) atoms. The van der Waals surface area contributed by atoms with Gasteiger partial charge in [-0.05, 0) is 48.9 Å². The van der Waals surface area contributed by atoms with Crippen LogP contribution in [-0.2, 0) is 14.3 Å². The first-order valence-electron chi connectivity index (χ1n) is 12.5. The molecule has 1 saturated heterocycles. The number of benzene rings is 3. The molecule has 0 radical (unpaired) electrons. The number of carbonyl (C=O) groups excluding carboxylic acids is 1. The van der Waals surface area contributed by atoms with Crippen molar-refractivity contribution in [3.63, 3.8) is 0 Å². The van der Waals surface area contributed by atoms with Crippen LogP contribution in [0.2, 0.25) is 0 Å². The maximum absolute atomic E-state index is 13.6. The zero-order valence-electron chi connectivity index (χ0n) is 23.2. The molecule has 1 aliphatic heterocycles. The van der Waals surface area contributed by atoms with Gasteiger partial charge in [-0.1, -0.05) is 29.4 Å². The Kier molecular flexibility index (Phi) is 10.9. The van der Waals surface area contributed by atoms with E-state index in [2.05, 4.69) is 20.9 Å². The third-order valence-electron chi connectivity index (χ3n) is 6.25. The van der Waals surface area contributed by atoms with E-state index in [1.807, 2.05) is 62.2 Å². The fourth-order valence-corrected chi connectivity index (χ4v) is 4.43. The van der Waals surface area contributed by atoms with Crippen LogP contribution in [0.3, 0.4) is 0 Å². The fraction of sp³-hybridized carbons (Fsp3) is 0.267. The van der Waals surface area contributed by atoms with Gasteiger partial charge in [0.2, 0.25) is 0 Å². The van der Waals surface area contributed by atoms with Crippen molar-refractivity contribution in [1.82, 2.24) is 9.78 Å². The molecule has 0 atom stereocenters. The number of ether oxygens (including phenoxy) is 3. The Morgan fingerprint density at radius 3 is 2.33 bits per heavy atom. The van der Waals surface area contributed by atoms with Crippen molar-refractivity contribution >= 4 is 29.5 Å². The maximum Gasteiger partial charge on any atom is 0.279 e. The lowest BCUT2D eigenvalue weighted by atomic mass is 10.0. The summed E-state index contributed by atoms with van der Waals surface area (Å²) in [6.45, 7) is 6.93. The summed E-state index contributed by atoms with van der Waals surface area (Å²) in [4.78, 5) is 23.9. The van der Waals surface area contributed by atoms with Gasteiger partial charge >= 0.3 is 0 Å².